The van der Waals surface area contributed by atoms with E-state index in [1.807, 2.05) is 84.9 Å². The highest BCUT2D eigenvalue weighted by atomic mass is 35.5. The summed E-state index contributed by atoms with van der Waals surface area (Å²) in [5.74, 6) is 2.28. The lowest BCUT2D eigenvalue weighted by atomic mass is 10.2. The van der Waals surface area contributed by atoms with Crippen molar-refractivity contribution in [3.8, 4) is 17.2 Å². The third kappa shape index (κ3) is 5.88. The first-order chi connectivity index (χ1) is 15.2. The summed E-state index contributed by atoms with van der Waals surface area (Å²) in [7, 11) is 0. The molecule has 0 heterocycles. The van der Waals surface area contributed by atoms with Crippen molar-refractivity contribution in [2.75, 3.05) is 0 Å². The Morgan fingerprint density at radius 1 is 0.742 bits per heavy atom. The van der Waals surface area contributed by atoms with Gasteiger partial charge in [0.1, 0.15) is 23.9 Å². The monoisotopic (exact) mass is 447 g/mol. The van der Waals surface area contributed by atoms with Crippen LogP contribution in [0.4, 0.5) is 5.69 Å². The zero-order valence-corrected chi connectivity index (χ0v) is 18.1. The minimum absolute atomic E-state index is 0.340. The predicted molar refractivity (Wildman–Crippen MR) is 127 cm³/mol. The second-order valence-electron chi connectivity index (χ2n) is 6.73. The summed E-state index contributed by atoms with van der Waals surface area (Å²) in [5.41, 5.74) is 2.56. The van der Waals surface area contributed by atoms with Crippen LogP contribution in [-0.2, 0) is 6.61 Å². The van der Waals surface area contributed by atoms with Gasteiger partial charge >= 0.3 is 0 Å². The largest absolute Gasteiger partial charge is 0.488 e. The Balaban J connectivity index is 1.43. The second-order valence-corrected chi connectivity index (χ2v) is 7.57. The molecule has 0 aliphatic carbocycles. The summed E-state index contributed by atoms with van der Waals surface area (Å²) in [6, 6.07) is 30.4. The maximum atomic E-state index is 6.24. The number of nitrogens with zero attached hydrogens (tertiary/aromatic N) is 1. The van der Waals surface area contributed by atoms with Crippen LogP contribution < -0.4 is 9.47 Å². The third-order valence-corrected chi connectivity index (χ3v) is 5.07. The number of para-hydroxylation sites is 2. The van der Waals surface area contributed by atoms with Crippen LogP contribution in [0.25, 0.3) is 0 Å². The molecule has 0 aliphatic rings. The average Bonchev–Trinajstić information content (AvgIpc) is 2.79. The van der Waals surface area contributed by atoms with Gasteiger partial charge in [-0.15, -0.1) is 0 Å². The van der Waals surface area contributed by atoms with Crippen molar-refractivity contribution in [3.05, 3.63) is 118 Å². The lowest BCUT2D eigenvalue weighted by Crippen LogP contribution is -1.99. The Morgan fingerprint density at radius 2 is 1.45 bits per heavy atom. The van der Waals surface area contributed by atoms with Crippen molar-refractivity contribution in [1.29, 1.82) is 0 Å². The SMILES string of the molecule is Clc1ccc(COc2ccccc2C=Nc2ccc(Oc3ccccc3)cc2)c(Cl)c1. The van der Waals surface area contributed by atoms with Crippen LogP contribution in [-0.4, -0.2) is 6.21 Å². The van der Waals surface area contributed by atoms with E-state index in [2.05, 4.69) is 4.99 Å². The lowest BCUT2D eigenvalue weighted by molar-refractivity contribution is 0.306. The molecule has 0 saturated carbocycles. The molecular weight excluding hydrogens is 429 g/mol. The normalized spacial score (nSPS) is 10.9. The van der Waals surface area contributed by atoms with Crippen LogP contribution in [0.2, 0.25) is 10.0 Å². The maximum absolute atomic E-state index is 6.24. The van der Waals surface area contributed by atoms with Gasteiger partial charge in [-0.1, -0.05) is 59.6 Å². The van der Waals surface area contributed by atoms with Gasteiger partial charge in [0.05, 0.1) is 5.69 Å². The minimum atomic E-state index is 0.340. The van der Waals surface area contributed by atoms with Gasteiger partial charge < -0.3 is 9.47 Å². The Labute approximate surface area is 191 Å². The Bertz CT molecular complexity index is 1180. The zero-order chi connectivity index (χ0) is 21.5. The van der Waals surface area contributed by atoms with Crippen molar-refractivity contribution in [2.24, 2.45) is 4.99 Å². The molecule has 4 aromatic carbocycles. The standard InChI is InChI=1S/C26H19Cl2NO2/c27-21-11-10-20(25(28)16-21)18-30-26-9-5-4-6-19(26)17-29-22-12-14-24(15-13-22)31-23-7-2-1-3-8-23/h1-17H,18H2. The molecular formula is C26H19Cl2NO2. The molecule has 4 aromatic rings. The average molecular weight is 448 g/mol. The number of benzene rings is 4. The molecule has 0 amide bonds. The van der Waals surface area contributed by atoms with Crippen molar-refractivity contribution < 1.29 is 9.47 Å². The molecule has 4 rings (SSSR count). The van der Waals surface area contributed by atoms with Gasteiger partial charge in [-0.3, -0.25) is 4.99 Å². The molecule has 5 heteroatoms. The highest BCUT2D eigenvalue weighted by Crippen LogP contribution is 2.26. The van der Waals surface area contributed by atoms with Crippen LogP contribution in [0, 0.1) is 0 Å². The van der Waals surface area contributed by atoms with Crippen molar-refractivity contribution >= 4 is 35.1 Å². The fourth-order valence-electron chi connectivity index (χ4n) is 2.88. The van der Waals surface area contributed by atoms with Crippen LogP contribution in [0.5, 0.6) is 17.2 Å². The number of ether oxygens (including phenoxy) is 2. The number of halogens is 2. The quantitative estimate of drug-likeness (QED) is 0.267. The molecule has 31 heavy (non-hydrogen) atoms. The lowest BCUT2D eigenvalue weighted by Gasteiger charge is -2.10. The van der Waals surface area contributed by atoms with Crippen LogP contribution >= 0.6 is 23.2 Å². The molecule has 154 valence electrons. The van der Waals surface area contributed by atoms with Gasteiger partial charge in [0, 0.05) is 27.4 Å². The fourth-order valence-corrected chi connectivity index (χ4v) is 3.34. The van der Waals surface area contributed by atoms with Gasteiger partial charge in [-0.05, 0) is 60.7 Å². The molecule has 0 N–H and O–H groups in total. The van der Waals surface area contributed by atoms with Gasteiger partial charge in [0.2, 0.25) is 0 Å². The van der Waals surface area contributed by atoms with E-state index < -0.39 is 0 Å². The molecule has 0 radical (unpaired) electrons. The first-order valence-corrected chi connectivity index (χ1v) is 10.5. The topological polar surface area (TPSA) is 30.8 Å². The van der Waals surface area contributed by atoms with Gasteiger partial charge in [-0.25, -0.2) is 0 Å². The number of rotatable bonds is 7. The number of aliphatic imine (C=N–C) groups is 1. The summed E-state index contributed by atoms with van der Waals surface area (Å²) in [4.78, 5) is 4.57. The van der Waals surface area contributed by atoms with Crippen LogP contribution in [0.15, 0.2) is 102 Å². The van der Waals surface area contributed by atoms with E-state index in [9.17, 15) is 0 Å². The summed E-state index contributed by atoms with van der Waals surface area (Å²) in [6.07, 6.45) is 1.78. The van der Waals surface area contributed by atoms with Crippen molar-refractivity contribution in [1.82, 2.24) is 0 Å². The highest BCUT2D eigenvalue weighted by Gasteiger charge is 2.05. The van der Waals surface area contributed by atoms with Gasteiger partial charge in [0.15, 0.2) is 0 Å². The minimum Gasteiger partial charge on any atom is -0.488 e. The number of hydrogen-bond donors (Lipinski definition) is 0. The molecule has 0 unspecified atom stereocenters. The van der Waals surface area contributed by atoms with E-state index in [1.165, 1.54) is 0 Å². The summed E-state index contributed by atoms with van der Waals surface area (Å²) in [6.45, 7) is 0.340. The highest BCUT2D eigenvalue weighted by molar-refractivity contribution is 6.35. The summed E-state index contributed by atoms with van der Waals surface area (Å²) in [5, 5.41) is 1.18. The second kappa shape index (κ2) is 10.2. The molecule has 0 bridgehead atoms. The Morgan fingerprint density at radius 3 is 2.23 bits per heavy atom. The van der Waals surface area contributed by atoms with Crippen LogP contribution in [0.1, 0.15) is 11.1 Å². The molecule has 0 atom stereocenters. The third-order valence-electron chi connectivity index (χ3n) is 4.49. The Hall–Kier alpha value is -3.27. The molecule has 0 saturated heterocycles. The van der Waals surface area contributed by atoms with Crippen molar-refractivity contribution in [2.45, 2.75) is 6.61 Å². The van der Waals surface area contributed by atoms with Gasteiger partial charge in [0.25, 0.3) is 0 Å². The first-order valence-electron chi connectivity index (χ1n) is 9.70. The van der Waals surface area contributed by atoms with Crippen molar-refractivity contribution in [3.63, 3.8) is 0 Å². The molecule has 3 nitrogen and oxygen atoms in total. The predicted octanol–water partition coefficient (Wildman–Crippen LogP) is 8.12. The summed E-state index contributed by atoms with van der Waals surface area (Å²) >= 11 is 12.2. The zero-order valence-electron chi connectivity index (χ0n) is 16.5. The maximum Gasteiger partial charge on any atom is 0.128 e. The summed E-state index contributed by atoms with van der Waals surface area (Å²) < 4.78 is 11.8. The van der Waals surface area contributed by atoms with E-state index in [1.54, 1.807) is 18.3 Å². The first kappa shape index (κ1) is 21.0. The smallest absolute Gasteiger partial charge is 0.128 e. The van der Waals surface area contributed by atoms with E-state index in [-0.39, 0.29) is 0 Å². The van der Waals surface area contributed by atoms with Gasteiger partial charge in [-0.2, -0.15) is 0 Å². The molecule has 0 aliphatic heterocycles. The fraction of sp³-hybridized carbons (Fsp3) is 0.0385. The van der Waals surface area contributed by atoms with E-state index in [0.29, 0.717) is 16.7 Å². The van der Waals surface area contributed by atoms with Crippen LogP contribution in [0.3, 0.4) is 0 Å². The number of hydrogen-bond acceptors (Lipinski definition) is 3. The molecule has 0 aromatic heterocycles. The molecule has 0 spiro atoms. The van der Waals surface area contributed by atoms with E-state index in [0.717, 1.165) is 34.1 Å². The van der Waals surface area contributed by atoms with E-state index in [4.69, 9.17) is 32.7 Å². The molecule has 0 fully saturated rings. The Kier molecular flexibility index (Phi) is 6.88. The van der Waals surface area contributed by atoms with E-state index >= 15 is 0 Å².